The number of halogens is 1. The van der Waals surface area contributed by atoms with Crippen molar-refractivity contribution in [2.45, 2.75) is 82.1 Å². The molecule has 152 valence electrons. The van der Waals surface area contributed by atoms with E-state index in [1.54, 1.807) is 6.20 Å². The molecule has 0 saturated heterocycles. The van der Waals surface area contributed by atoms with E-state index in [0.29, 0.717) is 31.6 Å². The lowest BCUT2D eigenvalue weighted by Gasteiger charge is -2.56. The molecule has 2 N–H and O–H groups in total. The fourth-order valence-electron chi connectivity index (χ4n) is 7.33. The van der Waals surface area contributed by atoms with Gasteiger partial charge in [-0.2, -0.15) is 0 Å². The molecule has 4 aliphatic carbocycles. The van der Waals surface area contributed by atoms with Crippen LogP contribution >= 0.6 is 0 Å². The summed E-state index contributed by atoms with van der Waals surface area (Å²) >= 11 is 0. The van der Waals surface area contributed by atoms with Crippen LogP contribution in [0.4, 0.5) is 4.39 Å². The van der Waals surface area contributed by atoms with Gasteiger partial charge in [0.05, 0.1) is 6.10 Å². The molecule has 1 aromatic rings. The molecule has 1 aromatic heterocycles. The number of alkyl halides is 1. The summed E-state index contributed by atoms with van der Waals surface area (Å²) in [5.74, 6) is 0.572. The zero-order chi connectivity index (χ0) is 19.6. The molecule has 0 aromatic carbocycles. The van der Waals surface area contributed by atoms with Crippen LogP contribution in [0.15, 0.2) is 30.6 Å². The molecule has 0 amide bonds. The van der Waals surface area contributed by atoms with Crippen molar-refractivity contribution in [2.24, 2.45) is 23.2 Å². The smallest absolute Gasteiger partial charge is 0.140 e. The first-order valence-corrected chi connectivity index (χ1v) is 11.1. The molecule has 3 fully saturated rings. The maximum Gasteiger partial charge on any atom is 0.140 e. The topological polar surface area (TPSA) is 53.4 Å². The molecule has 4 heteroatoms. The van der Waals surface area contributed by atoms with Crippen LogP contribution in [0.2, 0.25) is 0 Å². The van der Waals surface area contributed by atoms with Crippen LogP contribution in [0.5, 0.6) is 0 Å². The average molecular weight is 386 g/mol. The fourth-order valence-corrected chi connectivity index (χ4v) is 7.33. The molecule has 6 unspecified atom stereocenters. The Labute approximate surface area is 167 Å². The SMILES string of the molecule is CC12CCC3(F)CC4CC(O)CCC4CC[C@]3(O)C1CC=C2c1cccnc1. The van der Waals surface area contributed by atoms with Gasteiger partial charge in [-0.1, -0.05) is 19.1 Å². The Hall–Kier alpha value is -1.26. The zero-order valence-corrected chi connectivity index (χ0v) is 16.8. The Kier molecular flexibility index (Phi) is 4.26. The van der Waals surface area contributed by atoms with Gasteiger partial charge in [0, 0.05) is 18.3 Å². The van der Waals surface area contributed by atoms with E-state index >= 15 is 4.39 Å². The number of hydrogen-bond acceptors (Lipinski definition) is 3. The van der Waals surface area contributed by atoms with Crippen molar-refractivity contribution < 1.29 is 14.6 Å². The van der Waals surface area contributed by atoms with Crippen molar-refractivity contribution in [2.75, 3.05) is 0 Å². The second kappa shape index (κ2) is 6.37. The molecule has 0 aliphatic heterocycles. The van der Waals surface area contributed by atoms with E-state index in [4.69, 9.17) is 0 Å². The van der Waals surface area contributed by atoms with Crippen molar-refractivity contribution in [3.8, 4) is 0 Å². The Morgan fingerprint density at radius 3 is 2.79 bits per heavy atom. The highest BCUT2D eigenvalue weighted by Gasteiger charge is 2.66. The molecule has 28 heavy (non-hydrogen) atoms. The molecule has 3 nitrogen and oxygen atoms in total. The highest BCUT2D eigenvalue weighted by molar-refractivity contribution is 5.72. The molecule has 0 bridgehead atoms. The number of rotatable bonds is 1. The number of aliphatic hydroxyl groups excluding tert-OH is 1. The number of aromatic nitrogens is 1. The number of allylic oxidation sites excluding steroid dienone is 2. The predicted octanol–water partition coefficient (Wildman–Crippen LogP) is 4.69. The van der Waals surface area contributed by atoms with E-state index in [9.17, 15) is 10.2 Å². The molecular weight excluding hydrogens is 353 g/mol. The summed E-state index contributed by atoms with van der Waals surface area (Å²) in [6.45, 7) is 2.22. The maximum atomic E-state index is 16.5. The standard InChI is InChI=1S/C24H32FNO2/c1-22-10-11-23(25)14-18-13-19(27)5-4-16(18)8-9-24(23,28)21(22)7-6-20(22)17-3-2-12-26-15-17/h2-3,6,12,15-16,18-19,21,27-28H,4-5,7-11,13-14H2,1H3/t16?,18?,19?,21?,22?,23?,24-/m0/s1. The number of nitrogens with zero attached hydrogens (tertiary/aromatic N) is 1. The second-order valence-corrected chi connectivity index (χ2v) is 10.2. The van der Waals surface area contributed by atoms with E-state index in [0.717, 1.165) is 37.7 Å². The molecule has 4 aliphatic rings. The highest BCUT2D eigenvalue weighted by atomic mass is 19.1. The summed E-state index contributed by atoms with van der Waals surface area (Å²) in [6, 6.07) is 4.03. The quantitative estimate of drug-likeness (QED) is 0.738. The molecular formula is C24H32FNO2. The van der Waals surface area contributed by atoms with Gasteiger partial charge in [-0.15, -0.1) is 0 Å². The maximum absolute atomic E-state index is 16.5. The third kappa shape index (κ3) is 2.56. The summed E-state index contributed by atoms with van der Waals surface area (Å²) in [5, 5.41) is 22.1. The molecule has 0 spiro atoms. The van der Waals surface area contributed by atoms with Crippen LogP contribution in [-0.4, -0.2) is 32.6 Å². The first kappa shape index (κ1) is 18.7. The van der Waals surface area contributed by atoms with Crippen LogP contribution < -0.4 is 0 Å². The monoisotopic (exact) mass is 385 g/mol. The Morgan fingerprint density at radius 2 is 2.00 bits per heavy atom. The van der Waals surface area contributed by atoms with Crippen LogP contribution in [0.3, 0.4) is 0 Å². The number of hydrogen-bond donors (Lipinski definition) is 2. The van der Waals surface area contributed by atoms with Crippen LogP contribution in [-0.2, 0) is 0 Å². The minimum absolute atomic E-state index is 0.0842. The second-order valence-electron chi connectivity index (χ2n) is 10.2. The van der Waals surface area contributed by atoms with Gasteiger partial charge in [-0.25, -0.2) is 4.39 Å². The van der Waals surface area contributed by atoms with E-state index in [1.165, 1.54) is 5.57 Å². The molecule has 0 radical (unpaired) electrons. The third-order valence-electron chi connectivity index (χ3n) is 8.90. The Morgan fingerprint density at radius 1 is 1.14 bits per heavy atom. The van der Waals surface area contributed by atoms with Gasteiger partial charge in [-0.05, 0) is 92.2 Å². The van der Waals surface area contributed by atoms with Crippen molar-refractivity contribution in [3.63, 3.8) is 0 Å². The summed E-state index contributed by atoms with van der Waals surface area (Å²) < 4.78 is 16.5. The minimum atomic E-state index is -1.54. The van der Waals surface area contributed by atoms with Gasteiger partial charge in [0.2, 0.25) is 0 Å². The first-order chi connectivity index (χ1) is 13.4. The summed E-state index contributed by atoms with van der Waals surface area (Å²) in [6.07, 6.45) is 11.9. The molecule has 7 atom stereocenters. The normalized spacial score (nSPS) is 48.1. The number of fused-ring (bicyclic) bond motifs is 4. The molecule has 1 heterocycles. The van der Waals surface area contributed by atoms with Gasteiger partial charge in [0.25, 0.3) is 0 Å². The zero-order valence-electron chi connectivity index (χ0n) is 16.8. The van der Waals surface area contributed by atoms with Gasteiger partial charge in [-0.3, -0.25) is 4.98 Å². The summed E-state index contributed by atoms with van der Waals surface area (Å²) in [4.78, 5) is 4.28. The van der Waals surface area contributed by atoms with Crippen molar-refractivity contribution >= 4 is 5.57 Å². The molecule has 3 saturated carbocycles. The number of aliphatic hydroxyl groups is 2. The van der Waals surface area contributed by atoms with E-state index < -0.39 is 11.3 Å². The molecule has 5 rings (SSSR count). The highest BCUT2D eigenvalue weighted by Crippen LogP contribution is 2.66. The van der Waals surface area contributed by atoms with E-state index in [2.05, 4.69) is 24.1 Å². The predicted molar refractivity (Wildman–Crippen MR) is 107 cm³/mol. The summed E-state index contributed by atoms with van der Waals surface area (Å²) in [7, 11) is 0. The minimum Gasteiger partial charge on any atom is -0.393 e. The first-order valence-electron chi connectivity index (χ1n) is 11.1. The lowest BCUT2D eigenvalue weighted by atomic mass is 9.53. The lowest BCUT2D eigenvalue weighted by molar-refractivity contribution is -0.195. The van der Waals surface area contributed by atoms with Crippen LogP contribution in [0, 0.1) is 23.2 Å². The van der Waals surface area contributed by atoms with Gasteiger partial charge in [0.15, 0.2) is 0 Å². The largest absolute Gasteiger partial charge is 0.393 e. The Bertz CT molecular complexity index is 782. The summed E-state index contributed by atoms with van der Waals surface area (Å²) in [5.41, 5.74) is -0.678. The van der Waals surface area contributed by atoms with Crippen LogP contribution in [0.25, 0.3) is 5.57 Å². The number of pyridine rings is 1. The van der Waals surface area contributed by atoms with Crippen molar-refractivity contribution in [3.05, 3.63) is 36.2 Å². The Balaban J connectivity index is 1.49. The van der Waals surface area contributed by atoms with E-state index in [-0.39, 0.29) is 23.4 Å². The van der Waals surface area contributed by atoms with Gasteiger partial charge >= 0.3 is 0 Å². The third-order valence-corrected chi connectivity index (χ3v) is 8.90. The van der Waals surface area contributed by atoms with Crippen molar-refractivity contribution in [1.82, 2.24) is 4.98 Å². The fraction of sp³-hybridized carbons (Fsp3) is 0.708. The van der Waals surface area contributed by atoms with Gasteiger partial charge < -0.3 is 10.2 Å². The van der Waals surface area contributed by atoms with Crippen molar-refractivity contribution in [1.29, 1.82) is 0 Å². The van der Waals surface area contributed by atoms with E-state index in [1.807, 2.05) is 12.3 Å². The average Bonchev–Trinajstić information content (AvgIpc) is 2.98. The van der Waals surface area contributed by atoms with Gasteiger partial charge in [0.1, 0.15) is 11.3 Å². The van der Waals surface area contributed by atoms with Crippen LogP contribution in [0.1, 0.15) is 70.3 Å². The lowest BCUT2D eigenvalue weighted by Crippen LogP contribution is -2.62.